The molecule has 1 aliphatic carbocycles. The molecule has 0 atom stereocenters. The van der Waals surface area contributed by atoms with E-state index >= 15 is 0 Å². The number of hydrogen-bond acceptors (Lipinski definition) is 8. The lowest BCUT2D eigenvalue weighted by Crippen LogP contribution is -2.15. The minimum Gasteiger partial charge on any atom is -0.354 e. The molecule has 0 amide bonds. The molecule has 422 valence electrons. The Kier molecular flexibility index (Phi) is 15.8. The first-order valence-electron chi connectivity index (χ1n) is 29.5. The van der Waals surface area contributed by atoms with Gasteiger partial charge in [-0.1, -0.05) is 220 Å². The standard InChI is InChI=1S/C79H66N8/c1-79(2)69-51-55(43-47-57-53-71(80-59-27-11-3-12-28-59)75(84-63-35-19-7-20-36-63)77(86-65-39-23-9-24-40-65)73(57)82-61-31-15-5-16-32-61)45-49-67(69)68-50-46-56(52-70(68)79)44-48-58-54-72(81-60-29-13-4-14-30-60)76(85-64-37-21-8-22-38-64)78(87-66-41-25-10-26-42-66)74(58)83-62-33-17-6-18-34-62/h3-54,80-87H,1-2H3/b47-43+,48-44+. The summed E-state index contributed by atoms with van der Waals surface area (Å²) >= 11 is 0. The number of hydrogen-bond donors (Lipinski definition) is 8. The second-order valence-electron chi connectivity index (χ2n) is 22.1. The molecule has 0 aliphatic heterocycles. The van der Waals surface area contributed by atoms with Gasteiger partial charge in [-0.15, -0.1) is 0 Å². The zero-order chi connectivity index (χ0) is 58.8. The number of para-hydroxylation sites is 8. The van der Waals surface area contributed by atoms with E-state index in [1.54, 1.807) is 0 Å². The Bertz CT molecular complexity index is 4080. The molecule has 8 nitrogen and oxygen atoms in total. The molecule has 8 heteroatoms. The highest BCUT2D eigenvalue weighted by Crippen LogP contribution is 2.51. The molecule has 0 radical (unpaired) electrons. The van der Waals surface area contributed by atoms with Crippen molar-refractivity contribution in [3.63, 3.8) is 0 Å². The highest BCUT2D eigenvalue weighted by atomic mass is 15.1. The number of anilines is 16. The van der Waals surface area contributed by atoms with Crippen LogP contribution in [0.2, 0.25) is 0 Å². The highest BCUT2D eigenvalue weighted by molar-refractivity contribution is 6.04. The molecule has 0 saturated heterocycles. The van der Waals surface area contributed by atoms with Crippen molar-refractivity contribution in [2.24, 2.45) is 0 Å². The van der Waals surface area contributed by atoms with Crippen molar-refractivity contribution < 1.29 is 0 Å². The van der Waals surface area contributed by atoms with Crippen LogP contribution in [-0.2, 0) is 5.41 Å². The average molecular weight is 1130 g/mol. The number of nitrogens with one attached hydrogen (secondary N) is 8. The van der Waals surface area contributed by atoms with Crippen LogP contribution in [0.3, 0.4) is 0 Å². The molecule has 13 rings (SSSR count). The van der Waals surface area contributed by atoms with Crippen LogP contribution in [0.4, 0.5) is 91.0 Å². The predicted molar refractivity (Wildman–Crippen MR) is 373 cm³/mol. The molecular formula is C79H66N8. The minimum atomic E-state index is -0.299. The molecule has 0 spiro atoms. The monoisotopic (exact) mass is 1130 g/mol. The van der Waals surface area contributed by atoms with E-state index in [4.69, 9.17) is 0 Å². The molecule has 0 heterocycles. The summed E-state index contributed by atoms with van der Waals surface area (Å²) in [6.07, 6.45) is 8.95. The number of fused-ring (bicyclic) bond motifs is 3. The summed E-state index contributed by atoms with van der Waals surface area (Å²) < 4.78 is 0. The van der Waals surface area contributed by atoms with Gasteiger partial charge < -0.3 is 42.5 Å². The fourth-order valence-corrected chi connectivity index (χ4v) is 11.3. The first-order chi connectivity index (χ1) is 42.8. The summed E-state index contributed by atoms with van der Waals surface area (Å²) in [5.74, 6) is 0. The fraction of sp³-hybridized carbons (Fsp3) is 0.0380. The molecule has 0 aromatic heterocycles. The lowest BCUT2D eigenvalue weighted by atomic mass is 9.81. The van der Waals surface area contributed by atoms with Gasteiger partial charge in [0, 0.05) is 62.0 Å². The highest BCUT2D eigenvalue weighted by Gasteiger charge is 2.35. The Labute approximate surface area is 510 Å². The molecule has 12 aromatic rings. The van der Waals surface area contributed by atoms with Gasteiger partial charge in [0.25, 0.3) is 0 Å². The van der Waals surface area contributed by atoms with Crippen molar-refractivity contribution >= 4 is 115 Å². The molecule has 0 saturated carbocycles. The van der Waals surface area contributed by atoms with Crippen LogP contribution in [-0.4, -0.2) is 0 Å². The van der Waals surface area contributed by atoms with Gasteiger partial charge in [-0.2, -0.15) is 0 Å². The van der Waals surface area contributed by atoms with E-state index in [2.05, 4.69) is 323 Å². The summed E-state index contributed by atoms with van der Waals surface area (Å²) in [5, 5.41) is 30.6. The normalized spacial score (nSPS) is 12.0. The van der Waals surface area contributed by atoms with Gasteiger partial charge in [-0.25, -0.2) is 0 Å². The number of benzene rings is 12. The zero-order valence-corrected chi connectivity index (χ0v) is 48.5. The van der Waals surface area contributed by atoms with Gasteiger partial charge >= 0.3 is 0 Å². The fourth-order valence-electron chi connectivity index (χ4n) is 11.3. The average Bonchev–Trinajstić information content (AvgIpc) is 1.71. The zero-order valence-electron chi connectivity index (χ0n) is 48.5. The van der Waals surface area contributed by atoms with Crippen LogP contribution in [0.5, 0.6) is 0 Å². The Morgan fingerprint density at radius 3 is 0.747 bits per heavy atom. The lowest BCUT2D eigenvalue weighted by Gasteiger charge is -2.25. The Hall–Kier alpha value is -11.5. The second-order valence-corrected chi connectivity index (χ2v) is 22.1. The van der Waals surface area contributed by atoms with Crippen molar-refractivity contribution in [3.05, 3.63) is 325 Å². The summed E-state index contributed by atoms with van der Waals surface area (Å²) in [5.41, 5.74) is 23.9. The molecular weight excluding hydrogens is 1060 g/mol. The third-order valence-corrected chi connectivity index (χ3v) is 15.7. The molecule has 8 N–H and O–H groups in total. The maximum atomic E-state index is 3.86. The van der Waals surface area contributed by atoms with Crippen LogP contribution in [0.25, 0.3) is 35.4 Å². The molecule has 1 aliphatic rings. The van der Waals surface area contributed by atoms with Gasteiger partial charge in [-0.05, 0) is 143 Å². The summed E-state index contributed by atoms with van der Waals surface area (Å²) in [7, 11) is 0. The largest absolute Gasteiger partial charge is 0.354 e. The second kappa shape index (κ2) is 25.2. The lowest BCUT2D eigenvalue weighted by molar-refractivity contribution is 0.660. The van der Waals surface area contributed by atoms with Crippen LogP contribution in [0.1, 0.15) is 47.2 Å². The van der Waals surface area contributed by atoms with Gasteiger partial charge in [-0.3, -0.25) is 0 Å². The van der Waals surface area contributed by atoms with Crippen molar-refractivity contribution in [3.8, 4) is 11.1 Å². The quantitative estimate of drug-likeness (QED) is 0.0358. The van der Waals surface area contributed by atoms with Crippen LogP contribution >= 0.6 is 0 Å². The minimum absolute atomic E-state index is 0.299. The van der Waals surface area contributed by atoms with E-state index < -0.39 is 0 Å². The van der Waals surface area contributed by atoms with Crippen molar-refractivity contribution in [1.29, 1.82) is 0 Å². The van der Waals surface area contributed by atoms with Gasteiger partial charge in [0.1, 0.15) is 0 Å². The van der Waals surface area contributed by atoms with Crippen LogP contribution in [0.15, 0.2) is 291 Å². The third-order valence-electron chi connectivity index (χ3n) is 15.7. The summed E-state index contributed by atoms with van der Waals surface area (Å²) in [4.78, 5) is 0. The SMILES string of the molecule is CC1(C)c2cc(/C=C/c3cc(Nc4ccccc4)c(Nc4ccccc4)c(Nc4ccccc4)c3Nc3ccccc3)ccc2-c2ccc(/C=C/c3cc(Nc4ccccc4)c(Nc4ccccc4)c(Nc4ccccc4)c3Nc3ccccc3)cc21. The van der Waals surface area contributed by atoms with Crippen LogP contribution < -0.4 is 42.5 Å². The maximum absolute atomic E-state index is 3.86. The molecule has 0 unspecified atom stereocenters. The van der Waals surface area contributed by atoms with E-state index in [-0.39, 0.29) is 5.41 Å². The van der Waals surface area contributed by atoms with Gasteiger partial charge in [0.2, 0.25) is 0 Å². The van der Waals surface area contributed by atoms with E-state index in [0.29, 0.717) is 0 Å². The Morgan fingerprint density at radius 2 is 0.471 bits per heavy atom. The first kappa shape index (κ1) is 54.8. The topological polar surface area (TPSA) is 96.2 Å². The first-order valence-corrected chi connectivity index (χ1v) is 29.5. The predicted octanol–water partition coefficient (Wildman–Crippen LogP) is 22.3. The van der Waals surface area contributed by atoms with Crippen molar-refractivity contribution in [2.75, 3.05) is 42.5 Å². The van der Waals surface area contributed by atoms with Crippen molar-refractivity contribution in [1.82, 2.24) is 0 Å². The van der Waals surface area contributed by atoms with Crippen molar-refractivity contribution in [2.45, 2.75) is 19.3 Å². The van der Waals surface area contributed by atoms with Crippen LogP contribution in [0, 0.1) is 0 Å². The molecule has 0 bridgehead atoms. The third kappa shape index (κ3) is 12.6. The molecule has 0 fully saturated rings. The molecule has 87 heavy (non-hydrogen) atoms. The van der Waals surface area contributed by atoms with Gasteiger partial charge in [0.15, 0.2) is 0 Å². The maximum Gasteiger partial charge on any atom is 0.0890 e. The number of rotatable bonds is 20. The Morgan fingerprint density at radius 1 is 0.230 bits per heavy atom. The Balaban J connectivity index is 0.883. The van der Waals surface area contributed by atoms with E-state index in [9.17, 15) is 0 Å². The smallest absolute Gasteiger partial charge is 0.0890 e. The van der Waals surface area contributed by atoms with E-state index in [1.165, 1.54) is 22.3 Å². The summed E-state index contributed by atoms with van der Waals surface area (Å²) in [6.45, 7) is 4.71. The summed E-state index contributed by atoms with van der Waals surface area (Å²) in [6, 6.07) is 101. The van der Waals surface area contributed by atoms with Gasteiger partial charge in [0.05, 0.1) is 45.5 Å². The van der Waals surface area contributed by atoms with E-state index in [0.717, 1.165) is 113 Å². The molecule has 12 aromatic carbocycles. The van der Waals surface area contributed by atoms with E-state index in [1.807, 2.05) is 48.5 Å².